The molecule has 8 aromatic rings. The quantitative estimate of drug-likeness (QED) is 0.223. The first kappa shape index (κ1) is 22.2. The van der Waals surface area contributed by atoms with Crippen LogP contribution in [0.15, 0.2) is 121 Å². The second kappa shape index (κ2) is 8.34. The predicted octanol–water partition coefficient (Wildman–Crippen LogP) is 9.73. The van der Waals surface area contributed by atoms with E-state index >= 15 is 0 Å². The summed E-state index contributed by atoms with van der Waals surface area (Å²) in [5.74, 6) is 0. The van der Waals surface area contributed by atoms with Gasteiger partial charge in [0.1, 0.15) is 0 Å². The van der Waals surface area contributed by atoms with Crippen LogP contribution in [-0.4, -0.2) is 8.97 Å². The maximum absolute atomic E-state index is 2.55. The zero-order valence-corrected chi connectivity index (χ0v) is 22.1. The smallest absolute Gasteiger partial charge is 0.0574 e. The maximum atomic E-state index is 2.55. The third kappa shape index (κ3) is 3.21. The molecular formula is C37H28N2. The van der Waals surface area contributed by atoms with Crippen molar-refractivity contribution in [1.29, 1.82) is 0 Å². The van der Waals surface area contributed by atoms with Crippen LogP contribution in [0.4, 0.5) is 0 Å². The number of hydrogen-bond donors (Lipinski definition) is 0. The molecule has 5 aromatic carbocycles. The number of benzene rings is 5. The molecule has 8 rings (SSSR count). The van der Waals surface area contributed by atoms with Gasteiger partial charge in [-0.15, -0.1) is 0 Å². The summed E-state index contributed by atoms with van der Waals surface area (Å²) in [5, 5.41) is 8.95. The van der Waals surface area contributed by atoms with Gasteiger partial charge in [-0.2, -0.15) is 0 Å². The van der Waals surface area contributed by atoms with Crippen LogP contribution in [0.25, 0.3) is 59.8 Å². The fraction of sp³-hybridized carbons (Fsp3) is 0.0811. The lowest BCUT2D eigenvalue weighted by molar-refractivity contribution is 0.864. The highest BCUT2D eigenvalue weighted by Gasteiger charge is 2.17. The van der Waals surface area contributed by atoms with E-state index in [0.717, 1.165) is 6.54 Å². The van der Waals surface area contributed by atoms with Gasteiger partial charge in [0.2, 0.25) is 0 Å². The van der Waals surface area contributed by atoms with E-state index in [1.165, 1.54) is 76.6 Å². The molecule has 3 aromatic heterocycles. The molecule has 0 atom stereocenters. The zero-order chi connectivity index (χ0) is 26.1. The number of rotatable bonds is 2. The maximum Gasteiger partial charge on any atom is 0.0574 e. The number of nitrogens with zero attached hydrogens (tertiary/aromatic N) is 2. The first-order valence-corrected chi connectivity index (χ1v) is 13.7. The highest BCUT2D eigenvalue weighted by molar-refractivity contribution is 6.19. The minimum Gasteiger partial charge on any atom is -0.335 e. The van der Waals surface area contributed by atoms with Crippen LogP contribution in [0.1, 0.15) is 16.8 Å². The minimum absolute atomic E-state index is 0.817. The van der Waals surface area contributed by atoms with E-state index in [4.69, 9.17) is 0 Å². The largest absolute Gasteiger partial charge is 0.335 e. The van der Waals surface area contributed by atoms with Crippen LogP contribution in [0.2, 0.25) is 0 Å². The lowest BCUT2D eigenvalue weighted by atomic mass is 10.0. The van der Waals surface area contributed by atoms with E-state index in [1.807, 2.05) is 0 Å². The number of aromatic nitrogens is 2. The molecule has 0 N–H and O–H groups in total. The Morgan fingerprint density at radius 3 is 2.03 bits per heavy atom. The Hall–Kier alpha value is -4.82. The van der Waals surface area contributed by atoms with Crippen molar-refractivity contribution in [2.24, 2.45) is 0 Å². The van der Waals surface area contributed by atoms with Crippen LogP contribution in [0, 0.1) is 13.8 Å². The van der Waals surface area contributed by atoms with Gasteiger partial charge < -0.3 is 8.97 Å². The van der Waals surface area contributed by atoms with E-state index in [2.05, 4.69) is 144 Å². The van der Waals surface area contributed by atoms with Crippen molar-refractivity contribution in [2.75, 3.05) is 0 Å². The number of para-hydroxylation sites is 2. The van der Waals surface area contributed by atoms with Gasteiger partial charge in [0, 0.05) is 44.6 Å². The molecule has 0 fully saturated rings. The lowest BCUT2D eigenvalue weighted by Crippen LogP contribution is -2.01. The summed E-state index contributed by atoms with van der Waals surface area (Å²) >= 11 is 0. The standard InChI is InChI=1S/C37H28N2/c1-24-11-3-4-14-28(24)23-38-36-21-27-13-6-9-17-34(27)39-25(2)32(30-16-8-10-18-35(30)39)22-33(36)31-20-19-26-12-5-7-15-29(26)37(31)38/h3-22H,23H2,1-2H3. The van der Waals surface area contributed by atoms with E-state index in [0.29, 0.717) is 0 Å². The van der Waals surface area contributed by atoms with E-state index in [1.54, 1.807) is 0 Å². The monoisotopic (exact) mass is 500 g/mol. The van der Waals surface area contributed by atoms with Gasteiger partial charge in [0.25, 0.3) is 0 Å². The molecule has 0 amide bonds. The summed E-state index contributed by atoms with van der Waals surface area (Å²) in [4.78, 5) is 0. The summed E-state index contributed by atoms with van der Waals surface area (Å²) in [5.41, 5.74) is 8.95. The van der Waals surface area contributed by atoms with Gasteiger partial charge in [-0.05, 0) is 54.6 Å². The average molecular weight is 501 g/mol. The van der Waals surface area contributed by atoms with Crippen molar-refractivity contribution >= 4 is 59.8 Å². The van der Waals surface area contributed by atoms with Gasteiger partial charge in [-0.25, -0.2) is 0 Å². The highest BCUT2D eigenvalue weighted by Crippen LogP contribution is 2.38. The molecule has 0 aliphatic rings. The van der Waals surface area contributed by atoms with Gasteiger partial charge >= 0.3 is 0 Å². The Morgan fingerprint density at radius 1 is 0.487 bits per heavy atom. The molecule has 0 saturated carbocycles. The molecule has 2 bridgehead atoms. The van der Waals surface area contributed by atoms with Crippen molar-refractivity contribution in [3.8, 4) is 0 Å². The van der Waals surface area contributed by atoms with Crippen LogP contribution in [0.5, 0.6) is 0 Å². The SMILES string of the molecule is Cc1ccccc1Cn1c2cc3ccccc3n3c(C)c(cc2c2ccc4ccccc4c21)c1ccccc13. The van der Waals surface area contributed by atoms with Crippen LogP contribution in [0.3, 0.4) is 0 Å². The molecule has 0 radical (unpaired) electrons. The number of fused-ring (bicyclic) bond motifs is 12. The Balaban J connectivity index is 1.67. The van der Waals surface area contributed by atoms with E-state index < -0.39 is 0 Å². The second-order valence-electron chi connectivity index (χ2n) is 10.7. The summed E-state index contributed by atoms with van der Waals surface area (Å²) in [6.07, 6.45) is 0. The van der Waals surface area contributed by atoms with Gasteiger partial charge in [0.05, 0.1) is 22.1 Å². The predicted molar refractivity (Wildman–Crippen MR) is 167 cm³/mol. The normalized spacial score (nSPS) is 11.9. The van der Waals surface area contributed by atoms with E-state index in [9.17, 15) is 0 Å². The first-order valence-electron chi connectivity index (χ1n) is 13.7. The summed E-state index contributed by atoms with van der Waals surface area (Å²) in [6.45, 7) is 5.29. The fourth-order valence-corrected chi connectivity index (χ4v) is 6.59. The van der Waals surface area contributed by atoms with Crippen molar-refractivity contribution in [3.63, 3.8) is 0 Å². The molecule has 2 heteroatoms. The van der Waals surface area contributed by atoms with Crippen molar-refractivity contribution in [3.05, 3.63) is 138 Å². The van der Waals surface area contributed by atoms with Gasteiger partial charge in [0.15, 0.2) is 0 Å². The van der Waals surface area contributed by atoms with Gasteiger partial charge in [-0.3, -0.25) is 0 Å². The molecule has 0 aliphatic heterocycles. The van der Waals surface area contributed by atoms with E-state index in [-0.39, 0.29) is 0 Å². The lowest BCUT2D eigenvalue weighted by Gasteiger charge is -2.12. The Morgan fingerprint density at radius 2 is 1.18 bits per heavy atom. The molecule has 2 nitrogen and oxygen atoms in total. The summed E-state index contributed by atoms with van der Waals surface area (Å²) in [7, 11) is 0. The Kier molecular flexibility index (Phi) is 4.75. The molecule has 39 heavy (non-hydrogen) atoms. The van der Waals surface area contributed by atoms with Crippen molar-refractivity contribution in [2.45, 2.75) is 20.4 Å². The van der Waals surface area contributed by atoms with Crippen LogP contribution < -0.4 is 0 Å². The van der Waals surface area contributed by atoms with Crippen molar-refractivity contribution in [1.82, 2.24) is 8.97 Å². The fourth-order valence-electron chi connectivity index (χ4n) is 6.59. The molecule has 0 saturated heterocycles. The van der Waals surface area contributed by atoms with Crippen molar-refractivity contribution < 1.29 is 0 Å². The zero-order valence-electron chi connectivity index (χ0n) is 22.1. The van der Waals surface area contributed by atoms with Gasteiger partial charge in [-0.1, -0.05) is 97.1 Å². The van der Waals surface area contributed by atoms with Crippen LogP contribution in [-0.2, 0) is 6.54 Å². The third-order valence-electron chi connectivity index (χ3n) is 8.54. The molecule has 0 spiro atoms. The number of hydrogen-bond acceptors (Lipinski definition) is 0. The minimum atomic E-state index is 0.817. The second-order valence-corrected chi connectivity index (χ2v) is 10.7. The number of aryl methyl sites for hydroxylation is 2. The van der Waals surface area contributed by atoms with Crippen LogP contribution >= 0.6 is 0 Å². The highest BCUT2D eigenvalue weighted by atomic mass is 15.0. The first-order chi connectivity index (χ1) is 19.2. The molecular weight excluding hydrogens is 472 g/mol. The Bertz CT molecular complexity index is 2280. The summed E-state index contributed by atoms with van der Waals surface area (Å²) < 4.78 is 4.99. The molecule has 0 unspecified atom stereocenters. The molecule has 0 aliphatic carbocycles. The molecule has 186 valence electrons. The summed E-state index contributed by atoms with van der Waals surface area (Å²) in [6, 6.07) is 44.6. The average Bonchev–Trinajstić information content (AvgIpc) is 3.43. The Labute approximate surface area is 227 Å². The molecule has 3 heterocycles. The topological polar surface area (TPSA) is 9.34 Å². The third-order valence-corrected chi connectivity index (χ3v) is 8.54.